The minimum absolute atomic E-state index is 1.35. The summed E-state index contributed by atoms with van der Waals surface area (Å²) in [6, 6.07) is 14.0. The van der Waals surface area contributed by atoms with Gasteiger partial charge in [0.25, 0.3) is 0 Å². The molecule has 3 rings (SSSR count). The second kappa shape index (κ2) is 4.52. The number of rotatable bonds is 0. The van der Waals surface area contributed by atoms with E-state index < -0.39 is 18.4 Å². The molecule has 0 atom stereocenters. The van der Waals surface area contributed by atoms with Gasteiger partial charge >= 0.3 is 120 Å². The topological polar surface area (TPSA) is 0 Å². The Morgan fingerprint density at radius 2 is 1.11 bits per heavy atom. The van der Waals surface area contributed by atoms with E-state index in [4.69, 9.17) is 0 Å². The van der Waals surface area contributed by atoms with Gasteiger partial charge in [0.2, 0.25) is 0 Å². The zero-order valence-corrected chi connectivity index (χ0v) is 15.0. The summed E-state index contributed by atoms with van der Waals surface area (Å²) in [4.78, 5) is 5.06. The molecule has 0 unspecified atom stereocenters. The van der Waals surface area contributed by atoms with Crippen LogP contribution in [0.3, 0.4) is 0 Å². The molecule has 0 saturated carbocycles. The van der Waals surface area contributed by atoms with E-state index in [9.17, 15) is 0 Å². The second-order valence-electron chi connectivity index (χ2n) is 6.14. The van der Waals surface area contributed by atoms with Crippen molar-refractivity contribution in [1.29, 1.82) is 0 Å². The van der Waals surface area contributed by atoms with Crippen LogP contribution < -0.4 is 7.16 Å². The summed E-state index contributed by atoms with van der Waals surface area (Å²) >= 11 is -2.43. The van der Waals surface area contributed by atoms with E-state index in [1.165, 1.54) is 22.3 Å². The molecule has 1 aliphatic rings. The summed E-state index contributed by atoms with van der Waals surface area (Å²) in [5, 5.41) is 0. The molecule has 0 saturated heterocycles. The first kappa shape index (κ1) is 13.0. The first-order valence-electron chi connectivity index (χ1n) is 6.89. The van der Waals surface area contributed by atoms with Crippen LogP contribution in [-0.4, -0.2) is 18.4 Å². The molecule has 0 N–H and O–H groups in total. The van der Waals surface area contributed by atoms with Crippen LogP contribution in [0.2, 0.25) is 9.88 Å². The molecule has 0 bridgehead atoms. The third-order valence-corrected chi connectivity index (χ3v) is 14.5. The number of aryl methyl sites for hydroxylation is 2. The molecule has 0 aromatic heterocycles. The molecule has 1 heterocycles. The molecular weight excluding hydrogens is 335 g/mol. The van der Waals surface area contributed by atoms with Gasteiger partial charge in [-0.1, -0.05) is 0 Å². The van der Waals surface area contributed by atoms with Gasteiger partial charge in [0.1, 0.15) is 0 Å². The van der Waals surface area contributed by atoms with Crippen LogP contribution in [0.1, 0.15) is 22.3 Å². The van der Waals surface area contributed by atoms with Crippen LogP contribution in [0.4, 0.5) is 0 Å². The van der Waals surface area contributed by atoms with Crippen molar-refractivity contribution in [2.45, 2.75) is 23.7 Å². The third-order valence-electron chi connectivity index (χ3n) is 4.20. The van der Waals surface area contributed by atoms with Gasteiger partial charge in [0.05, 0.1) is 0 Å². The van der Waals surface area contributed by atoms with Gasteiger partial charge in [0, 0.05) is 0 Å². The van der Waals surface area contributed by atoms with Gasteiger partial charge in [-0.15, -0.1) is 0 Å². The monoisotopic (exact) mass is 356 g/mol. The van der Waals surface area contributed by atoms with Crippen molar-refractivity contribution < 1.29 is 0 Å². The van der Waals surface area contributed by atoms with Crippen LogP contribution in [0, 0.1) is 13.8 Å². The van der Waals surface area contributed by atoms with Crippen LogP contribution in [0.25, 0.3) is 12.2 Å². The van der Waals surface area contributed by atoms with E-state index in [0.717, 1.165) is 0 Å². The van der Waals surface area contributed by atoms with E-state index in [1.54, 1.807) is 7.16 Å². The standard InChI is InChI=1S/C16H14.2CH3.Sn/c1-13-5-3-7-15(11-13)9-10-16-8-4-6-14(2)12-16;;;/h3-6,9-12H,1-2H3;2*1H3;. The normalized spacial score (nSPS) is 15.6. The van der Waals surface area contributed by atoms with Crippen LogP contribution in [-0.2, 0) is 0 Å². The van der Waals surface area contributed by atoms with Crippen molar-refractivity contribution in [3.63, 3.8) is 0 Å². The SMILES string of the molecule is Cc1cc[c]2c(c1)C=Cc1cc(C)cc[c]1[Sn]2([CH3])[CH3]. The predicted octanol–water partition coefficient (Wildman–Crippen LogP) is 3.61. The summed E-state index contributed by atoms with van der Waals surface area (Å²) in [6.45, 7) is 4.36. The Kier molecular flexibility index (Phi) is 3.09. The molecule has 1 aliphatic heterocycles. The Bertz CT molecular complexity index is 621. The van der Waals surface area contributed by atoms with Gasteiger partial charge in [-0.2, -0.15) is 0 Å². The fourth-order valence-electron chi connectivity index (χ4n) is 3.10. The van der Waals surface area contributed by atoms with E-state index >= 15 is 0 Å². The first-order valence-corrected chi connectivity index (χ1v) is 15.4. The summed E-state index contributed by atoms with van der Waals surface area (Å²) < 4.78 is 3.25. The quantitative estimate of drug-likeness (QED) is 0.634. The minimum atomic E-state index is -2.43. The molecule has 2 aromatic rings. The molecule has 0 amide bonds. The molecule has 2 aromatic carbocycles. The molecule has 0 radical (unpaired) electrons. The maximum atomic E-state index is 2.53. The van der Waals surface area contributed by atoms with E-state index in [0.29, 0.717) is 0 Å². The molecule has 0 fully saturated rings. The Morgan fingerprint density at radius 3 is 1.53 bits per heavy atom. The van der Waals surface area contributed by atoms with E-state index in [1.807, 2.05) is 0 Å². The van der Waals surface area contributed by atoms with Crippen molar-refractivity contribution in [2.75, 3.05) is 0 Å². The fraction of sp³-hybridized carbons (Fsp3) is 0.222. The Morgan fingerprint density at radius 1 is 0.684 bits per heavy atom. The van der Waals surface area contributed by atoms with E-state index in [-0.39, 0.29) is 0 Å². The van der Waals surface area contributed by atoms with E-state index in [2.05, 4.69) is 72.3 Å². The Hall–Kier alpha value is -1.02. The zero-order chi connectivity index (χ0) is 13.6. The van der Waals surface area contributed by atoms with Crippen molar-refractivity contribution in [1.82, 2.24) is 0 Å². The summed E-state index contributed by atoms with van der Waals surface area (Å²) in [6.07, 6.45) is 4.62. The molecule has 1 heteroatoms. The summed E-state index contributed by atoms with van der Waals surface area (Å²) in [5.74, 6) is 0. The summed E-state index contributed by atoms with van der Waals surface area (Å²) in [7, 11) is 0. The molecule has 19 heavy (non-hydrogen) atoms. The second-order valence-corrected chi connectivity index (χ2v) is 18.5. The molecule has 0 spiro atoms. The number of fused-ring (bicyclic) bond motifs is 2. The zero-order valence-electron chi connectivity index (χ0n) is 12.1. The average molecular weight is 355 g/mol. The number of hydrogen-bond acceptors (Lipinski definition) is 0. The Balaban J connectivity index is 2.31. The molecule has 96 valence electrons. The van der Waals surface area contributed by atoms with Crippen molar-refractivity contribution in [3.8, 4) is 0 Å². The first-order chi connectivity index (χ1) is 8.98. The van der Waals surface area contributed by atoms with Crippen molar-refractivity contribution >= 4 is 37.7 Å². The third kappa shape index (κ3) is 2.16. The molecular formula is C18H20Sn. The number of benzene rings is 2. The number of hydrogen-bond donors (Lipinski definition) is 0. The fourth-order valence-corrected chi connectivity index (χ4v) is 11.8. The van der Waals surface area contributed by atoms with Gasteiger partial charge in [-0.05, 0) is 0 Å². The molecule has 0 nitrogen and oxygen atoms in total. The van der Waals surface area contributed by atoms with Crippen molar-refractivity contribution in [2.24, 2.45) is 0 Å². The van der Waals surface area contributed by atoms with Crippen LogP contribution >= 0.6 is 0 Å². The summed E-state index contributed by atoms with van der Waals surface area (Å²) in [5.41, 5.74) is 5.59. The van der Waals surface area contributed by atoms with Gasteiger partial charge < -0.3 is 0 Å². The van der Waals surface area contributed by atoms with Gasteiger partial charge in [-0.3, -0.25) is 0 Å². The molecule has 0 aliphatic carbocycles. The van der Waals surface area contributed by atoms with Crippen molar-refractivity contribution in [3.05, 3.63) is 58.7 Å². The maximum absolute atomic E-state index is 2.53. The van der Waals surface area contributed by atoms with Gasteiger partial charge in [0.15, 0.2) is 0 Å². The Labute approximate surface area is 120 Å². The van der Waals surface area contributed by atoms with Crippen LogP contribution in [0.5, 0.6) is 0 Å². The average Bonchev–Trinajstić information content (AvgIpc) is 2.45. The van der Waals surface area contributed by atoms with Crippen LogP contribution in [0.15, 0.2) is 36.4 Å². The predicted molar refractivity (Wildman–Crippen MR) is 88.0 cm³/mol. The van der Waals surface area contributed by atoms with Gasteiger partial charge in [-0.25, -0.2) is 0 Å².